The van der Waals surface area contributed by atoms with Crippen molar-refractivity contribution in [1.82, 2.24) is 10.2 Å². The molecule has 2 aromatic carbocycles. The average Bonchev–Trinajstić information content (AvgIpc) is 3.22. The number of halogens is 1. The van der Waals surface area contributed by atoms with Gasteiger partial charge in [-0.1, -0.05) is 48.9 Å². The molecule has 0 spiro atoms. The molecule has 0 saturated carbocycles. The van der Waals surface area contributed by atoms with E-state index >= 15 is 0 Å². The lowest BCUT2D eigenvalue weighted by molar-refractivity contribution is -0.122. The maximum atomic E-state index is 13.0. The first kappa shape index (κ1) is 23.6. The Labute approximate surface area is 190 Å². The van der Waals surface area contributed by atoms with Gasteiger partial charge in [0.25, 0.3) is 0 Å². The van der Waals surface area contributed by atoms with E-state index in [4.69, 9.17) is 11.6 Å². The molecule has 6 nitrogen and oxygen atoms in total. The minimum atomic E-state index is -3.69. The molecule has 0 aromatic heterocycles. The number of hydrogen-bond donors (Lipinski definition) is 1. The molecule has 3 rings (SSSR count). The third kappa shape index (κ3) is 6.45. The number of likely N-dealkylation sites (tertiary alicyclic amines) is 1. The molecular formula is C23H30ClN3O3S. The minimum absolute atomic E-state index is 0.334. The number of amides is 1. The van der Waals surface area contributed by atoms with E-state index in [1.807, 2.05) is 12.1 Å². The van der Waals surface area contributed by atoms with E-state index in [1.54, 1.807) is 31.2 Å². The molecule has 31 heavy (non-hydrogen) atoms. The van der Waals surface area contributed by atoms with Crippen LogP contribution in [-0.4, -0.2) is 44.6 Å². The predicted molar refractivity (Wildman–Crippen MR) is 126 cm³/mol. The number of hydrogen-bond acceptors (Lipinski definition) is 4. The van der Waals surface area contributed by atoms with E-state index in [0.717, 1.165) is 35.8 Å². The van der Waals surface area contributed by atoms with Gasteiger partial charge in [-0.05, 0) is 61.7 Å². The van der Waals surface area contributed by atoms with E-state index in [1.165, 1.54) is 18.4 Å². The highest BCUT2D eigenvalue weighted by Gasteiger charge is 2.31. The largest absolute Gasteiger partial charge is 0.350 e. The number of carbonyl (C=O) groups is 1. The standard InChI is InChI=1S/C23H30ClN3O3S/c1-3-22(27(31(2,29)30)21-11-7-10-20(24)15-21)23(28)25-16-18-8-6-9-19(14-18)17-26-12-4-5-13-26/h6-11,14-15,22H,3-5,12-13,16-17H2,1-2H3,(H,25,28). The second-order valence-corrected chi connectivity index (χ2v) is 10.3. The number of benzene rings is 2. The topological polar surface area (TPSA) is 69.7 Å². The van der Waals surface area contributed by atoms with Crippen molar-refractivity contribution in [3.63, 3.8) is 0 Å². The molecule has 168 valence electrons. The van der Waals surface area contributed by atoms with Crippen LogP contribution in [0.2, 0.25) is 5.02 Å². The summed E-state index contributed by atoms with van der Waals surface area (Å²) in [5, 5.41) is 3.33. The maximum absolute atomic E-state index is 13.0. The number of anilines is 1. The van der Waals surface area contributed by atoms with E-state index in [2.05, 4.69) is 22.3 Å². The van der Waals surface area contributed by atoms with E-state index in [-0.39, 0.29) is 5.91 Å². The van der Waals surface area contributed by atoms with Crippen LogP contribution in [-0.2, 0) is 27.9 Å². The fourth-order valence-electron chi connectivity index (χ4n) is 4.02. The molecule has 1 aliphatic rings. The molecular weight excluding hydrogens is 434 g/mol. The van der Waals surface area contributed by atoms with Crippen molar-refractivity contribution in [3.8, 4) is 0 Å². The molecule has 1 unspecified atom stereocenters. The third-order valence-corrected chi connectivity index (χ3v) is 6.87. The fraction of sp³-hybridized carbons (Fsp3) is 0.435. The van der Waals surface area contributed by atoms with Crippen LogP contribution >= 0.6 is 11.6 Å². The summed E-state index contributed by atoms with van der Waals surface area (Å²) in [5.74, 6) is -0.335. The van der Waals surface area contributed by atoms with Crippen LogP contribution in [0.5, 0.6) is 0 Å². The van der Waals surface area contributed by atoms with Gasteiger partial charge in [-0.15, -0.1) is 0 Å². The van der Waals surface area contributed by atoms with Crippen LogP contribution in [0.15, 0.2) is 48.5 Å². The van der Waals surface area contributed by atoms with Crippen molar-refractivity contribution in [2.45, 2.75) is 45.3 Å². The van der Waals surface area contributed by atoms with E-state index in [0.29, 0.717) is 23.7 Å². The van der Waals surface area contributed by atoms with Crippen molar-refractivity contribution in [2.75, 3.05) is 23.7 Å². The molecule has 2 aromatic rings. The first-order valence-corrected chi connectivity index (χ1v) is 12.8. The Morgan fingerprint density at radius 3 is 2.45 bits per heavy atom. The molecule has 0 bridgehead atoms. The zero-order chi connectivity index (χ0) is 22.4. The summed E-state index contributed by atoms with van der Waals surface area (Å²) in [6, 6.07) is 13.9. The quantitative estimate of drug-likeness (QED) is 0.614. The summed E-state index contributed by atoms with van der Waals surface area (Å²) in [7, 11) is -3.69. The number of sulfonamides is 1. The molecule has 0 radical (unpaired) electrons. The van der Waals surface area contributed by atoms with Crippen LogP contribution in [0.3, 0.4) is 0 Å². The Kier molecular flexibility index (Phi) is 7.97. The van der Waals surface area contributed by atoms with Crippen molar-refractivity contribution in [3.05, 3.63) is 64.7 Å². The molecule has 8 heteroatoms. The molecule has 1 saturated heterocycles. The Hall–Kier alpha value is -2.09. The lowest BCUT2D eigenvalue weighted by Gasteiger charge is -2.30. The second kappa shape index (κ2) is 10.5. The lowest BCUT2D eigenvalue weighted by Crippen LogP contribution is -2.49. The summed E-state index contributed by atoms with van der Waals surface area (Å²) in [5.41, 5.74) is 2.59. The highest BCUT2D eigenvalue weighted by molar-refractivity contribution is 7.92. The van der Waals surface area contributed by atoms with Crippen molar-refractivity contribution >= 4 is 33.2 Å². The van der Waals surface area contributed by atoms with Crippen LogP contribution in [0.25, 0.3) is 0 Å². The zero-order valence-electron chi connectivity index (χ0n) is 18.1. The van der Waals surface area contributed by atoms with Gasteiger partial charge in [-0.3, -0.25) is 14.0 Å². The van der Waals surface area contributed by atoms with Gasteiger partial charge in [0.2, 0.25) is 15.9 Å². The van der Waals surface area contributed by atoms with E-state index in [9.17, 15) is 13.2 Å². The van der Waals surface area contributed by atoms with Gasteiger partial charge in [0.1, 0.15) is 6.04 Å². The lowest BCUT2D eigenvalue weighted by atomic mass is 10.1. The Morgan fingerprint density at radius 2 is 1.81 bits per heavy atom. The van der Waals surface area contributed by atoms with Gasteiger partial charge >= 0.3 is 0 Å². The van der Waals surface area contributed by atoms with Gasteiger partial charge in [0.15, 0.2) is 0 Å². The highest BCUT2D eigenvalue weighted by atomic mass is 35.5. The summed E-state index contributed by atoms with van der Waals surface area (Å²) in [6.45, 7) is 5.31. The molecule has 1 aliphatic heterocycles. The molecule has 1 amide bonds. The van der Waals surface area contributed by atoms with Gasteiger partial charge in [0.05, 0.1) is 11.9 Å². The minimum Gasteiger partial charge on any atom is -0.350 e. The maximum Gasteiger partial charge on any atom is 0.244 e. The number of carbonyl (C=O) groups excluding carboxylic acids is 1. The summed E-state index contributed by atoms with van der Waals surface area (Å²) >= 11 is 6.06. The summed E-state index contributed by atoms with van der Waals surface area (Å²) < 4.78 is 26.2. The normalized spacial score (nSPS) is 15.6. The molecule has 1 N–H and O–H groups in total. The van der Waals surface area contributed by atoms with Crippen LogP contribution in [0.4, 0.5) is 5.69 Å². The second-order valence-electron chi connectivity index (χ2n) is 7.98. The van der Waals surface area contributed by atoms with Crippen LogP contribution in [0, 0.1) is 0 Å². The Balaban J connectivity index is 1.71. The Morgan fingerprint density at radius 1 is 1.13 bits per heavy atom. The number of nitrogens with zero attached hydrogens (tertiary/aromatic N) is 2. The van der Waals surface area contributed by atoms with Crippen molar-refractivity contribution in [2.24, 2.45) is 0 Å². The first-order chi connectivity index (χ1) is 14.8. The van der Waals surface area contributed by atoms with Gasteiger partial charge in [-0.25, -0.2) is 8.42 Å². The van der Waals surface area contributed by atoms with Crippen molar-refractivity contribution < 1.29 is 13.2 Å². The molecule has 1 heterocycles. The molecule has 0 aliphatic carbocycles. The smallest absolute Gasteiger partial charge is 0.244 e. The summed E-state index contributed by atoms with van der Waals surface area (Å²) in [6.07, 6.45) is 3.93. The van der Waals surface area contributed by atoms with Crippen molar-refractivity contribution in [1.29, 1.82) is 0 Å². The highest BCUT2D eigenvalue weighted by Crippen LogP contribution is 2.25. The molecule has 1 fully saturated rings. The number of rotatable bonds is 9. The first-order valence-electron chi connectivity index (χ1n) is 10.6. The SMILES string of the molecule is CCC(C(=O)NCc1cccc(CN2CCCC2)c1)N(c1cccc(Cl)c1)S(C)(=O)=O. The van der Waals surface area contributed by atoms with E-state index < -0.39 is 16.1 Å². The van der Waals surface area contributed by atoms with Gasteiger partial charge in [0, 0.05) is 18.1 Å². The van der Waals surface area contributed by atoms with Crippen LogP contribution in [0.1, 0.15) is 37.3 Å². The Bertz CT molecular complexity index is 1010. The number of nitrogens with one attached hydrogen (secondary N) is 1. The monoisotopic (exact) mass is 463 g/mol. The van der Waals surface area contributed by atoms with Crippen LogP contribution < -0.4 is 9.62 Å². The van der Waals surface area contributed by atoms with Gasteiger partial charge in [-0.2, -0.15) is 0 Å². The average molecular weight is 464 g/mol. The molecule has 1 atom stereocenters. The predicted octanol–water partition coefficient (Wildman–Crippen LogP) is 3.80. The van der Waals surface area contributed by atoms with Gasteiger partial charge < -0.3 is 5.32 Å². The summed E-state index contributed by atoms with van der Waals surface area (Å²) in [4.78, 5) is 15.4. The zero-order valence-corrected chi connectivity index (χ0v) is 19.6. The fourth-order valence-corrected chi connectivity index (χ4v) is 5.41. The third-order valence-electron chi connectivity index (χ3n) is 5.46.